The number of carbonyl (C=O) groups is 2. The lowest BCUT2D eigenvalue weighted by atomic mass is 9.74. The number of carbonyl (C=O) groups excluding carboxylic acids is 2. The standard InChI is InChI=1S/C26H25ClN8O2/c1-13(16-7-22(29)24(30-10-16)34-11-17-6-21(17)26(34)37)35-12-23(32-33-35)25(36)31-19-4-15(5-19)20-8-18(27)3-2-14(20)9-28/h2-3,7-8,10,12-13,15,17,19,21H,4-6,11,29H2,1H3,(H,31,36)/t13?,15-,17-,19+,21-/m1/s1. The highest BCUT2D eigenvalue weighted by molar-refractivity contribution is 6.30. The van der Waals surface area contributed by atoms with E-state index in [-0.39, 0.29) is 41.4 Å². The summed E-state index contributed by atoms with van der Waals surface area (Å²) in [7, 11) is 0. The van der Waals surface area contributed by atoms with Gasteiger partial charge in [-0.05, 0) is 73.4 Å². The number of hydrogen-bond donors (Lipinski definition) is 2. The fourth-order valence-corrected chi connectivity index (χ4v) is 5.54. The van der Waals surface area contributed by atoms with Crippen molar-refractivity contribution >= 4 is 34.9 Å². The van der Waals surface area contributed by atoms with Crippen molar-refractivity contribution in [2.75, 3.05) is 17.2 Å². The van der Waals surface area contributed by atoms with Gasteiger partial charge in [-0.15, -0.1) is 5.10 Å². The molecule has 3 aliphatic rings. The van der Waals surface area contributed by atoms with Gasteiger partial charge in [-0.1, -0.05) is 16.8 Å². The van der Waals surface area contributed by atoms with E-state index in [0.29, 0.717) is 34.6 Å². The number of anilines is 2. The van der Waals surface area contributed by atoms with Crippen LogP contribution < -0.4 is 16.0 Å². The van der Waals surface area contributed by atoms with Crippen molar-refractivity contribution in [1.82, 2.24) is 25.3 Å². The summed E-state index contributed by atoms with van der Waals surface area (Å²) in [5.74, 6) is 1.06. The van der Waals surface area contributed by atoms with Crippen LogP contribution in [0.4, 0.5) is 11.5 Å². The molecule has 1 aliphatic heterocycles. The fourth-order valence-electron chi connectivity index (χ4n) is 5.36. The van der Waals surface area contributed by atoms with E-state index >= 15 is 0 Å². The maximum absolute atomic E-state index is 12.8. The molecule has 2 saturated carbocycles. The number of piperidine rings is 1. The van der Waals surface area contributed by atoms with Crippen molar-refractivity contribution in [3.05, 3.63) is 64.1 Å². The van der Waals surface area contributed by atoms with Gasteiger partial charge in [0.15, 0.2) is 11.5 Å². The van der Waals surface area contributed by atoms with Gasteiger partial charge in [0, 0.05) is 29.7 Å². The second kappa shape index (κ2) is 8.85. The lowest BCUT2D eigenvalue weighted by Crippen LogP contribution is -2.43. The third-order valence-corrected chi connectivity index (χ3v) is 8.00. The Hall–Kier alpha value is -3.97. The monoisotopic (exact) mass is 516 g/mol. The Bertz CT molecular complexity index is 1460. The van der Waals surface area contributed by atoms with Crippen molar-refractivity contribution in [1.29, 1.82) is 5.26 Å². The zero-order chi connectivity index (χ0) is 25.8. The molecule has 6 rings (SSSR count). The Morgan fingerprint density at radius 3 is 2.81 bits per heavy atom. The van der Waals surface area contributed by atoms with Crippen LogP contribution >= 0.6 is 11.6 Å². The first kappa shape index (κ1) is 23.4. The van der Waals surface area contributed by atoms with E-state index in [4.69, 9.17) is 17.3 Å². The summed E-state index contributed by atoms with van der Waals surface area (Å²) in [5, 5.41) is 21.1. The largest absolute Gasteiger partial charge is 0.396 e. The molecule has 0 bridgehead atoms. The van der Waals surface area contributed by atoms with E-state index in [9.17, 15) is 14.9 Å². The van der Waals surface area contributed by atoms with Gasteiger partial charge >= 0.3 is 0 Å². The van der Waals surface area contributed by atoms with Crippen molar-refractivity contribution in [3.63, 3.8) is 0 Å². The summed E-state index contributed by atoms with van der Waals surface area (Å²) in [6.45, 7) is 2.59. The van der Waals surface area contributed by atoms with Gasteiger partial charge in [-0.25, -0.2) is 9.67 Å². The molecule has 3 fully saturated rings. The van der Waals surface area contributed by atoms with E-state index < -0.39 is 0 Å². The number of hydrogen-bond acceptors (Lipinski definition) is 7. The summed E-state index contributed by atoms with van der Waals surface area (Å²) < 4.78 is 1.59. The summed E-state index contributed by atoms with van der Waals surface area (Å²) in [4.78, 5) is 31.3. The van der Waals surface area contributed by atoms with E-state index in [1.54, 1.807) is 40.2 Å². The summed E-state index contributed by atoms with van der Waals surface area (Å²) in [6.07, 6.45) is 5.71. The SMILES string of the molecule is CC(c1cnc(N2C[C@H]3C[C@H]3C2=O)c(N)c1)n1cc(C(=O)N[C@H]2C[C@@H](c3cc(Cl)ccc3C#N)C2)nn1. The van der Waals surface area contributed by atoms with Gasteiger partial charge in [-0.3, -0.25) is 14.5 Å². The molecule has 3 atom stereocenters. The van der Waals surface area contributed by atoms with Gasteiger partial charge < -0.3 is 11.1 Å². The number of halogens is 1. The number of aromatic nitrogens is 4. The average Bonchev–Trinajstić information content (AvgIpc) is 3.32. The van der Waals surface area contributed by atoms with Crippen LogP contribution in [0.3, 0.4) is 0 Å². The predicted molar refractivity (Wildman–Crippen MR) is 136 cm³/mol. The molecular weight excluding hydrogens is 492 g/mol. The normalized spacial score (nSPS) is 24.7. The third kappa shape index (κ3) is 4.19. The smallest absolute Gasteiger partial charge is 0.273 e. The highest BCUT2D eigenvalue weighted by Gasteiger charge is 2.53. The number of amides is 2. The molecule has 3 N–H and O–H groups in total. The Morgan fingerprint density at radius 1 is 1.30 bits per heavy atom. The predicted octanol–water partition coefficient (Wildman–Crippen LogP) is 3.05. The number of nitrogen functional groups attached to an aromatic ring is 1. The average molecular weight is 517 g/mol. The van der Waals surface area contributed by atoms with Crippen molar-refractivity contribution in [2.45, 2.75) is 44.2 Å². The van der Waals surface area contributed by atoms with Crippen LogP contribution in [0.25, 0.3) is 0 Å². The minimum Gasteiger partial charge on any atom is -0.396 e. The maximum Gasteiger partial charge on any atom is 0.273 e. The topological polar surface area (TPSA) is 143 Å². The second-order valence-electron chi connectivity index (χ2n) is 10.2. The van der Waals surface area contributed by atoms with Crippen LogP contribution in [-0.4, -0.2) is 44.4 Å². The molecule has 1 unspecified atom stereocenters. The summed E-state index contributed by atoms with van der Waals surface area (Å²) in [5.41, 5.74) is 9.25. The Labute approximate surface area is 218 Å². The molecule has 10 nitrogen and oxygen atoms in total. The van der Waals surface area contributed by atoms with Gasteiger partial charge in [0.25, 0.3) is 5.91 Å². The number of pyridine rings is 1. The third-order valence-electron chi connectivity index (χ3n) is 7.76. The lowest BCUT2D eigenvalue weighted by molar-refractivity contribution is -0.118. The van der Waals surface area contributed by atoms with Crippen molar-refractivity contribution in [3.8, 4) is 6.07 Å². The Kier molecular flexibility index (Phi) is 5.60. The Morgan fingerprint density at radius 2 is 2.11 bits per heavy atom. The molecule has 188 valence electrons. The van der Waals surface area contributed by atoms with Crippen LogP contribution in [0.1, 0.15) is 65.3 Å². The van der Waals surface area contributed by atoms with Crippen molar-refractivity contribution < 1.29 is 9.59 Å². The summed E-state index contributed by atoms with van der Waals surface area (Å²) >= 11 is 6.11. The second-order valence-corrected chi connectivity index (χ2v) is 10.6. The van der Waals surface area contributed by atoms with E-state index in [0.717, 1.165) is 30.4 Å². The number of nitriles is 1. The van der Waals surface area contributed by atoms with Crippen LogP contribution in [0, 0.1) is 23.2 Å². The molecule has 2 amide bonds. The number of nitrogens with zero attached hydrogens (tertiary/aromatic N) is 6. The first-order valence-corrected chi connectivity index (χ1v) is 12.7. The number of nitrogens with one attached hydrogen (secondary N) is 1. The molecule has 1 aromatic carbocycles. The quantitative estimate of drug-likeness (QED) is 0.512. The van der Waals surface area contributed by atoms with Gasteiger partial charge in [0.05, 0.1) is 29.6 Å². The number of benzene rings is 1. The molecule has 0 spiro atoms. The van der Waals surface area contributed by atoms with Crippen LogP contribution in [0.2, 0.25) is 5.02 Å². The molecule has 11 heteroatoms. The molecule has 37 heavy (non-hydrogen) atoms. The lowest BCUT2D eigenvalue weighted by Gasteiger charge is -2.36. The molecule has 1 saturated heterocycles. The van der Waals surface area contributed by atoms with E-state index in [1.807, 2.05) is 13.0 Å². The van der Waals surface area contributed by atoms with Crippen LogP contribution in [-0.2, 0) is 4.79 Å². The summed E-state index contributed by atoms with van der Waals surface area (Å²) in [6, 6.07) is 9.00. The first-order valence-electron chi connectivity index (χ1n) is 12.3. The van der Waals surface area contributed by atoms with E-state index in [2.05, 4.69) is 26.7 Å². The van der Waals surface area contributed by atoms with Crippen LogP contribution in [0.5, 0.6) is 0 Å². The number of fused-ring (bicyclic) bond motifs is 1. The fraction of sp³-hybridized carbons (Fsp3) is 0.385. The zero-order valence-corrected chi connectivity index (χ0v) is 20.9. The number of rotatable bonds is 6. The van der Waals surface area contributed by atoms with Gasteiger partial charge in [0.2, 0.25) is 5.91 Å². The molecule has 0 radical (unpaired) electrons. The zero-order valence-electron chi connectivity index (χ0n) is 20.1. The first-order chi connectivity index (χ1) is 17.8. The van der Waals surface area contributed by atoms with Crippen molar-refractivity contribution in [2.24, 2.45) is 11.8 Å². The molecule has 2 aliphatic carbocycles. The molecular formula is C26H25ClN8O2. The van der Waals surface area contributed by atoms with E-state index in [1.165, 1.54) is 0 Å². The molecule has 3 aromatic rings. The number of nitrogens with two attached hydrogens (primary N) is 1. The minimum absolute atomic E-state index is 0.0125. The maximum atomic E-state index is 12.8. The van der Waals surface area contributed by atoms with Gasteiger partial charge in [-0.2, -0.15) is 5.26 Å². The minimum atomic E-state index is -0.299. The van der Waals surface area contributed by atoms with Crippen LogP contribution in [0.15, 0.2) is 36.7 Å². The molecule has 2 aromatic heterocycles. The molecule has 3 heterocycles. The highest BCUT2D eigenvalue weighted by Crippen LogP contribution is 2.48. The van der Waals surface area contributed by atoms with Gasteiger partial charge in [0.1, 0.15) is 0 Å². The highest BCUT2D eigenvalue weighted by atomic mass is 35.5. The Balaban J connectivity index is 1.08.